The number of aliphatic hydroxyl groups excluding tert-OH is 1. The Morgan fingerprint density at radius 2 is 2.00 bits per heavy atom. The molecule has 0 spiro atoms. The van der Waals surface area contributed by atoms with E-state index in [1.54, 1.807) is 0 Å². The van der Waals surface area contributed by atoms with E-state index in [1.165, 1.54) is 5.56 Å². The summed E-state index contributed by atoms with van der Waals surface area (Å²) in [5.41, 5.74) is 1.34. The van der Waals surface area contributed by atoms with Gasteiger partial charge in [-0.1, -0.05) is 30.3 Å². The molecule has 0 amide bonds. The molecule has 2 bridgehead atoms. The fourth-order valence-corrected chi connectivity index (χ4v) is 4.58. The van der Waals surface area contributed by atoms with Gasteiger partial charge in [-0.15, -0.1) is 0 Å². The Kier molecular flexibility index (Phi) is 3.95. The third kappa shape index (κ3) is 2.48. The molecular weight excluding hydrogens is 278 g/mol. The number of likely N-dealkylation sites (tertiary alicyclic amines) is 1. The lowest BCUT2D eigenvalue weighted by Gasteiger charge is -2.36. The highest BCUT2D eigenvalue weighted by Gasteiger charge is 2.56. The van der Waals surface area contributed by atoms with Crippen LogP contribution in [0, 0.1) is 11.8 Å². The van der Waals surface area contributed by atoms with Crippen LogP contribution < -0.4 is 0 Å². The van der Waals surface area contributed by atoms with Gasteiger partial charge in [-0.25, -0.2) is 0 Å². The number of hydrogen-bond donors (Lipinski definition) is 1. The summed E-state index contributed by atoms with van der Waals surface area (Å²) in [6.45, 7) is 5.68. The molecule has 3 saturated heterocycles. The SMILES string of the molecule is CCO[C@H]1C[C@@H]2O[C@H]1[C@H]1CN(Cc3ccccc3)C[C@H]1[C@@H]2O. The van der Waals surface area contributed by atoms with Gasteiger partial charge in [0.15, 0.2) is 0 Å². The van der Waals surface area contributed by atoms with Crippen molar-refractivity contribution >= 4 is 0 Å². The Hall–Kier alpha value is -0.940. The zero-order valence-electron chi connectivity index (χ0n) is 13.1. The minimum absolute atomic E-state index is 0.0283. The van der Waals surface area contributed by atoms with E-state index in [0.717, 1.165) is 32.7 Å². The molecule has 0 unspecified atom stereocenters. The molecule has 0 aliphatic carbocycles. The summed E-state index contributed by atoms with van der Waals surface area (Å²) in [5.74, 6) is 0.729. The zero-order valence-corrected chi connectivity index (χ0v) is 13.1. The van der Waals surface area contributed by atoms with Crippen LogP contribution in [0.25, 0.3) is 0 Å². The monoisotopic (exact) mass is 303 g/mol. The third-order valence-electron chi connectivity index (χ3n) is 5.52. The molecule has 3 fully saturated rings. The van der Waals surface area contributed by atoms with Crippen LogP contribution in [0.15, 0.2) is 30.3 Å². The van der Waals surface area contributed by atoms with Crippen LogP contribution in [0.5, 0.6) is 0 Å². The van der Waals surface area contributed by atoms with Crippen LogP contribution in [0.3, 0.4) is 0 Å². The summed E-state index contributed by atoms with van der Waals surface area (Å²) in [6, 6.07) is 10.6. The number of benzene rings is 1. The maximum atomic E-state index is 10.6. The van der Waals surface area contributed by atoms with Crippen LogP contribution in [-0.2, 0) is 16.0 Å². The Morgan fingerprint density at radius 1 is 1.23 bits per heavy atom. The van der Waals surface area contributed by atoms with Crippen molar-refractivity contribution in [3.63, 3.8) is 0 Å². The Labute approximate surface area is 132 Å². The smallest absolute Gasteiger partial charge is 0.0887 e. The van der Waals surface area contributed by atoms with Gasteiger partial charge in [0.25, 0.3) is 0 Å². The predicted octanol–water partition coefficient (Wildman–Crippen LogP) is 1.67. The molecule has 4 heteroatoms. The van der Waals surface area contributed by atoms with Crippen molar-refractivity contribution in [3.8, 4) is 0 Å². The average molecular weight is 303 g/mol. The Balaban J connectivity index is 1.48. The van der Waals surface area contributed by atoms with Crippen LogP contribution >= 0.6 is 0 Å². The minimum Gasteiger partial charge on any atom is -0.390 e. The summed E-state index contributed by atoms with van der Waals surface area (Å²) in [5, 5.41) is 10.6. The highest BCUT2D eigenvalue weighted by atomic mass is 16.6. The quantitative estimate of drug-likeness (QED) is 0.919. The average Bonchev–Trinajstić information content (AvgIpc) is 3.10. The molecule has 120 valence electrons. The third-order valence-corrected chi connectivity index (χ3v) is 5.52. The summed E-state index contributed by atoms with van der Waals surface area (Å²) in [4.78, 5) is 2.46. The van der Waals surface area contributed by atoms with Gasteiger partial charge in [0.1, 0.15) is 0 Å². The van der Waals surface area contributed by atoms with Gasteiger partial charge in [-0.2, -0.15) is 0 Å². The zero-order chi connectivity index (χ0) is 15.1. The second-order valence-electron chi connectivity index (χ2n) is 6.87. The van der Waals surface area contributed by atoms with Crippen LogP contribution in [0.1, 0.15) is 18.9 Å². The first-order chi connectivity index (χ1) is 10.8. The highest BCUT2D eigenvalue weighted by Crippen LogP contribution is 2.45. The molecule has 3 aliphatic heterocycles. The van der Waals surface area contributed by atoms with Gasteiger partial charge in [0, 0.05) is 44.5 Å². The maximum absolute atomic E-state index is 10.6. The largest absolute Gasteiger partial charge is 0.390 e. The maximum Gasteiger partial charge on any atom is 0.0887 e. The van der Waals surface area contributed by atoms with Gasteiger partial charge >= 0.3 is 0 Å². The second kappa shape index (κ2) is 5.93. The Bertz CT molecular complexity index is 508. The van der Waals surface area contributed by atoms with Crippen LogP contribution in [0.4, 0.5) is 0 Å². The van der Waals surface area contributed by atoms with Crippen molar-refractivity contribution in [3.05, 3.63) is 35.9 Å². The van der Waals surface area contributed by atoms with Crippen molar-refractivity contribution in [2.45, 2.75) is 44.3 Å². The number of nitrogens with zero attached hydrogens (tertiary/aromatic N) is 1. The molecule has 1 aromatic carbocycles. The van der Waals surface area contributed by atoms with Gasteiger partial charge in [-0.3, -0.25) is 4.90 Å². The number of fused-ring (bicyclic) bond motifs is 4. The molecule has 4 rings (SSSR count). The van der Waals surface area contributed by atoms with E-state index in [-0.39, 0.29) is 24.4 Å². The topological polar surface area (TPSA) is 41.9 Å². The van der Waals surface area contributed by atoms with E-state index in [1.807, 2.05) is 6.92 Å². The van der Waals surface area contributed by atoms with Crippen LogP contribution in [-0.4, -0.2) is 54.1 Å². The lowest BCUT2D eigenvalue weighted by molar-refractivity contribution is -0.139. The van der Waals surface area contributed by atoms with Gasteiger partial charge in [0.2, 0.25) is 0 Å². The van der Waals surface area contributed by atoms with Crippen molar-refractivity contribution in [1.29, 1.82) is 0 Å². The van der Waals surface area contributed by atoms with E-state index >= 15 is 0 Å². The fraction of sp³-hybridized carbons (Fsp3) is 0.667. The summed E-state index contributed by atoms with van der Waals surface area (Å²) >= 11 is 0. The van der Waals surface area contributed by atoms with E-state index in [9.17, 15) is 5.11 Å². The van der Waals surface area contributed by atoms with Crippen LogP contribution in [0.2, 0.25) is 0 Å². The number of rotatable bonds is 4. The molecule has 3 heterocycles. The first kappa shape index (κ1) is 14.6. The van der Waals surface area contributed by atoms with Crippen molar-refractivity contribution < 1.29 is 14.6 Å². The van der Waals surface area contributed by atoms with Crippen molar-refractivity contribution in [1.82, 2.24) is 4.90 Å². The van der Waals surface area contributed by atoms with E-state index < -0.39 is 0 Å². The molecule has 1 N–H and O–H groups in total. The molecule has 0 saturated carbocycles. The van der Waals surface area contributed by atoms with Gasteiger partial charge in [0.05, 0.1) is 24.4 Å². The first-order valence-corrected chi connectivity index (χ1v) is 8.47. The molecular formula is C18H25NO3. The van der Waals surface area contributed by atoms with E-state index in [0.29, 0.717) is 11.8 Å². The minimum atomic E-state index is -0.340. The summed E-state index contributed by atoms with van der Waals surface area (Å²) in [6.07, 6.45) is 0.813. The van der Waals surface area contributed by atoms with E-state index in [2.05, 4.69) is 35.2 Å². The normalized spacial score (nSPS) is 40.8. The number of aliphatic hydroxyl groups is 1. The van der Waals surface area contributed by atoms with E-state index in [4.69, 9.17) is 9.47 Å². The molecule has 0 radical (unpaired) electrons. The number of hydrogen-bond acceptors (Lipinski definition) is 4. The molecule has 22 heavy (non-hydrogen) atoms. The lowest BCUT2D eigenvalue weighted by Crippen LogP contribution is -2.46. The fourth-order valence-electron chi connectivity index (χ4n) is 4.58. The highest BCUT2D eigenvalue weighted by molar-refractivity contribution is 5.15. The Morgan fingerprint density at radius 3 is 2.77 bits per heavy atom. The van der Waals surface area contributed by atoms with Gasteiger partial charge < -0.3 is 14.6 Å². The second-order valence-corrected chi connectivity index (χ2v) is 6.87. The number of ether oxygens (including phenoxy) is 2. The lowest BCUT2D eigenvalue weighted by atomic mass is 9.84. The standard InChI is InChI=1S/C18H25NO3/c1-2-21-16-8-15-17(20)13-10-19(11-14(13)18(16)22-15)9-12-6-4-3-5-7-12/h3-7,13-18,20H,2,8-11H2,1H3/t13-,14+,15+,16+,17+,18+/m1/s1. The van der Waals surface area contributed by atoms with Gasteiger partial charge in [-0.05, 0) is 12.5 Å². The van der Waals surface area contributed by atoms with Crippen molar-refractivity contribution in [2.75, 3.05) is 19.7 Å². The molecule has 3 aliphatic rings. The summed E-state index contributed by atoms with van der Waals surface area (Å²) < 4.78 is 12.0. The molecule has 0 aromatic heterocycles. The molecule has 1 aromatic rings. The first-order valence-electron chi connectivity index (χ1n) is 8.47. The molecule has 4 nitrogen and oxygen atoms in total. The molecule has 6 atom stereocenters. The predicted molar refractivity (Wildman–Crippen MR) is 83.4 cm³/mol. The van der Waals surface area contributed by atoms with Crippen molar-refractivity contribution in [2.24, 2.45) is 11.8 Å². The summed E-state index contributed by atoms with van der Waals surface area (Å²) in [7, 11) is 0.